The SMILES string of the molecule is ClCc1nc(-c2ccccc2)[se]c1Cl. The van der Waals surface area contributed by atoms with E-state index < -0.39 is 0 Å². The first kappa shape index (κ1) is 10.3. The molecule has 0 aliphatic rings. The maximum absolute atomic E-state index is 6.03. The van der Waals surface area contributed by atoms with Crippen LogP contribution in [0.1, 0.15) is 5.69 Å². The molecule has 0 saturated carbocycles. The monoisotopic (exact) mass is 291 g/mol. The molecule has 0 amide bonds. The zero-order chi connectivity index (χ0) is 9.97. The van der Waals surface area contributed by atoms with Crippen molar-refractivity contribution in [3.63, 3.8) is 0 Å². The number of hydrogen-bond donors (Lipinski definition) is 0. The van der Waals surface area contributed by atoms with Crippen LogP contribution in [0.5, 0.6) is 0 Å². The van der Waals surface area contributed by atoms with Crippen molar-refractivity contribution in [3.05, 3.63) is 39.9 Å². The number of hydrogen-bond acceptors (Lipinski definition) is 1. The molecule has 0 N–H and O–H groups in total. The van der Waals surface area contributed by atoms with E-state index in [1.165, 1.54) is 0 Å². The topological polar surface area (TPSA) is 12.9 Å². The van der Waals surface area contributed by atoms with Gasteiger partial charge in [-0.3, -0.25) is 0 Å². The minimum atomic E-state index is 0.132. The third-order valence-electron chi connectivity index (χ3n) is 1.80. The van der Waals surface area contributed by atoms with Crippen LogP contribution in [-0.4, -0.2) is 19.5 Å². The summed E-state index contributed by atoms with van der Waals surface area (Å²) in [5, 5.41) is 0. The average molecular weight is 291 g/mol. The van der Waals surface area contributed by atoms with Gasteiger partial charge in [-0.2, -0.15) is 0 Å². The molecule has 0 aliphatic carbocycles. The summed E-state index contributed by atoms with van der Waals surface area (Å²) in [4.78, 5) is 4.42. The quantitative estimate of drug-likeness (QED) is 0.611. The van der Waals surface area contributed by atoms with Gasteiger partial charge in [0.05, 0.1) is 0 Å². The molecule has 0 aliphatic heterocycles. The van der Waals surface area contributed by atoms with Crippen molar-refractivity contribution in [1.29, 1.82) is 0 Å². The fourth-order valence-electron chi connectivity index (χ4n) is 1.12. The first-order chi connectivity index (χ1) is 6.81. The van der Waals surface area contributed by atoms with E-state index in [4.69, 9.17) is 23.2 Å². The van der Waals surface area contributed by atoms with E-state index in [0.29, 0.717) is 5.88 Å². The van der Waals surface area contributed by atoms with Gasteiger partial charge in [-0.15, -0.1) is 0 Å². The molecule has 0 bridgehead atoms. The van der Waals surface area contributed by atoms with Gasteiger partial charge in [-0.1, -0.05) is 0 Å². The van der Waals surface area contributed by atoms with Crippen molar-refractivity contribution < 1.29 is 0 Å². The van der Waals surface area contributed by atoms with Crippen LogP contribution in [0.15, 0.2) is 30.3 Å². The van der Waals surface area contributed by atoms with Crippen LogP contribution in [0.3, 0.4) is 0 Å². The molecule has 0 saturated heterocycles. The minimum absolute atomic E-state index is 0.132. The van der Waals surface area contributed by atoms with Crippen molar-refractivity contribution >= 4 is 37.7 Å². The number of alkyl halides is 1. The molecule has 4 heteroatoms. The normalized spacial score (nSPS) is 10.4. The number of nitrogens with zero attached hydrogens (tertiary/aromatic N) is 1. The summed E-state index contributed by atoms with van der Waals surface area (Å²) >= 11 is 11.9. The van der Waals surface area contributed by atoms with Gasteiger partial charge < -0.3 is 0 Å². The number of benzene rings is 1. The predicted molar refractivity (Wildman–Crippen MR) is 61.2 cm³/mol. The van der Waals surface area contributed by atoms with E-state index in [9.17, 15) is 0 Å². The molecule has 0 fully saturated rings. The Morgan fingerprint density at radius 3 is 2.50 bits per heavy atom. The van der Waals surface area contributed by atoms with E-state index >= 15 is 0 Å². The van der Waals surface area contributed by atoms with Gasteiger partial charge in [0.15, 0.2) is 0 Å². The second-order valence-electron chi connectivity index (χ2n) is 2.74. The second-order valence-corrected chi connectivity index (χ2v) is 5.99. The summed E-state index contributed by atoms with van der Waals surface area (Å²) in [6, 6.07) is 10.1. The van der Waals surface area contributed by atoms with Gasteiger partial charge in [0, 0.05) is 0 Å². The maximum atomic E-state index is 6.03. The van der Waals surface area contributed by atoms with Crippen LogP contribution >= 0.6 is 23.2 Å². The first-order valence-electron chi connectivity index (χ1n) is 4.08. The second kappa shape index (κ2) is 4.50. The Morgan fingerprint density at radius 2 is 1.93 bits per heavy atom. The summed E-state index contributed by atoms with van der Waals surface area (Å²) in [6.45, 7) is 0. The summed E-state index contributed by atoms with van der Waals surface area (Å²) in [6.07, 6.45) is 0. The van der Waals surface area contributed by atoms with Crippen LogP contribution in [-0.2, 0) is 5.88 Å². The fourth-order valence-corrected chi connectivity index (χ4v) is 3.76. The molecule has 0 radical (unpaired) electrons. The molecule has 1 aromatic carbocycles. The summed E-state index contributed by atoms with van der Waals surface area (Å²) in [5.74, 6) is 0.400. The van der Waals surface area contributed by atoms with Gasteiger partial charge in [0.2, 0.25) is 0 Å². The van der Waals surface area contributed by atoms with Gasteiger partial charge in [-0.25, -0.2) is 0 Å². The van der Waals surface area contributed by atoms with Crippen molar-refractivity contribution in [2.24, 2.45) is 0 Å². The van der Waals surface area contributed by atoms with E-state index in [-0.39, 0.29) is 14.5 Å². The van der Waals surface area contributed by atoms with Gasteiger partial charge >= 0.3 is 98.6 Å². The zero-order valence-electron chi connectivity index (χ0n) is 7.21. The standard InChI is InChI=1S/C10H7Cl2NSe/c11-6-8-9(12)14-10(13-8)7-4-2-1-3-5-7/h1-5H,6H2. The van der Waals surface area contributed by atoms with Gasteiger partial charge in [-0.05, 0) is 0 Å². The fraction of sp³-hybridized carbons (Fsp3) is 0.100. The molecule has 0 unspecified atom stereocenters. The summed E-state index contributed by atoms with van der Waals surface area (Å²) < 4.78 is 1.89. The van der Waals surface area contributed by atoms with Crippen molar-refractivity contribution in [2.75, 3.05) is 0 Å². The number of aromatic nitrogens is 1. The van der Waals surface area contributed by atoms with E-state index in [0.717, 1.165) is 19.7 Å². The Hall–Kier alpha value is -0.271. The van der Waals surface area contributed by atoms with E-state index in [1.807, 2.05) is 30.3 Å². The Kier molecular flexibility index (Phi) is 3.30. The molecule has 1 aromatic heterocycles. The number of halogens is 2. The van der Waals surface area contributed by atoms with Crippen LogP contribution < -0.4 is 0 Å². The molecule has 72 valence electrons. The third kappa shape index (κ3) is 2.04. The van der Waals surface area contributed by atoms with Crippen LogP contribution in [0.25, 0.3) is 10.1 Å². The molecule has 2 aromatic rings. The van der Waals surface area contributed by atoms with Crippen molar-refractivity contribution in [1.82, 2.24) is 4.98 Å². The van der Waals surface area contributed by atoms with E-state index in [1.54, 1.807) is 0 Å². The predicted octanol–water partition coefficient (Wildman–Crippen LogP) is 3.20. The Morgan fingerprint density at radius 1 is 1.21 bits per heavy atom. The van der Waals surface area contributed by atoms with Crippen molar-refractivity contribution in [3.8, 4) is 10.1 Å². The third-order valence-corrected chi connectivity index (χ3v) is 4.63. The molecular formula is C10H7Cl2NSe. The Bertz CT molecular complexity index is 425. The molecule has 0 spiro atoms. The van der Waals surface area contributed by atoms with Gasteiger partial charge in [0.1, 0.15) is 0 Å². The summed E-state index contributed by atoms with van der Waals surface area (Å²) in [5.41, 5.74) is 1.97. The van der Waals surface area contributed by atoms with Crippen molar-refractivity contribution in [2.45, 2.75) is 5.88 Å². The number of rotatable bonds is 2. The average Bonchev–Trinajstić information content (AvgIpc) is 2.61. The Labute approximate surface area is 98.4 Å². The van der Waals surface area contributed by atoms with Crippen LogP contribution in [0, 0.1) is 0 Å². The zero-order valence-corrected chi connectivity index (χ0v) is 10.4. The molecule has 1 nitrogen and oxygen atoms in total. The first-order valence-corrected chi connectivity index (χ1v) is 6.70. The molecule has 1 heterocycles. The molecular weight excluding hydrogens is 284 g/mol. The molecule has 14 heavy (non-hydrogen) atoms. The Balaban J connectivity index is 2.43. The van der Waals surface area contributed by atoms with Crippen LogP contribution in [0.2, 0.25) is 3.90 Å². The molecule has 2 rings (SSSR count). The summed E-state index contributed by atoms with van der Waals surface area (Å²) in [7, 11) is 0. The van der Waals surface area contributed by atoms with Gasteiger partial charge in [0.25, 0.3) is 0 Å². The van der Waals surface area contributed by atoms with Crippen LogP contribution in [0.4, 0.5) is 0 Å². The van der Waals surface area contributed by atoms with E-state index in [2.05, 4.69) is 4.98 Å². The molecule has 0 atom stereocenters.